The molecule has 1 aliphatic rings. The number of carbonyl (C=O) groups is 2. The number of para-hydroxylation sites is 1. The van der Waals surface area contributed by atoms with Gasteiger partial charge in [-0.15, -0.1) is 11.3 Å². The van der Waals surface area contributed by atoms with E-state index >= 15 is 0 Å². The number of hydrogen-bond acceptors (Lipinski definition) is 4. The molecular formula is C24H25BrN2O3S. The van der Waals surface area contributed by atoms with Gasteiger partial charge in [-0.3, -0.25) is 9.59 Å². The van der Waals surface area contributed by atoms with Gasteiger partial charge in [0.1, 0.15) is 5.00 Å². The van der Waals surface area contributed by atoms with Crippen molar-refractivity contribution in [3.8, 4) is 0 Å². The fourth-order valence-electron chi connectivity index (χ4n) is 3.97. The van der Waals surface area contributed by atoms with Crippen LogP contribution in [0.2, 0.25) is 0 Å². The van der Waals surface area contributed by atoms with Crippen molar-refractivity contribution in [2.75, 3.05) is 10.6 Å². The van der Waals surface area contributed by atoms with Crippen molar-refractivity contribution in [3.63, 3.8) is 0 Å². The molecule has 31 heavy (non-hydrogen) atoms. The van der Waals surface area contributed by atoms with Gasteiger partial charge in [0.15, 0.2) is 5.76 Å². The first-order valence-corrected chi connectivity index (χ1v) is 11.9. The van der Waals surface area contributed by atoms with Gasteiger partial charge in [0, 0.05) is 9.35 Å². The number of hydrogen-bond donors (Lipinski definition) is 2. The minimum atomic E-state index is -0.356. The quantitative estimate of drug-likeness (QED) is 0.415. The van der Waals surface area contributed by atoms with Crippen molar-refractivity contribution in [1.82, 2.24) is 0 Å². The van der Waals surface area contributed by atoms with Gasteiger partial charge in [-0.25, -0.2) is 0 Å². The molecule has 5 nitrogen and oxygen atoms in total. The van der Waals surface area contributed by atoms with E-state index in [1.807, 2.05) is 24.3 Å². The number of amides is 2. The van der Waals surface area contributed by atoms with Gasteiger partial charge in [0.05, 0.1) is 17.5 Å². The lowest BCUT2D eigenvalue weighted by Gasteiger charge is -2.33. The maximum absolute atomic E-state index is 13.4. The first-order chi connectivity index (χ1) is 14.7. The molecule has 7 heteroatoms. The molecular weight excluding hydrogens is 476 g/mol. The molecule has 0 fully saturated rings. The van der Waals surface area contributed by atoms with E-state index in [1.165, 1.54) is 22.5 Å². The number of furan rings is 1. The van der Waals surface area contributed by atoms with Crippen LogP contribution < -0.4 is 10.6 Å². The molecule has 0 saturated carbocycles. The molecule has 1 atom stereocenters. The summed E-state index contributed by atoms with van der Waals surface area (Å²) >= 11 is 4.99. The maximum atomic E-state index is 13.4. The molecule has 0 radical (unpaired) electrons. The summed E-state index contributed by atoms with van der Waals surface area (Å²) in [6.07, 6.45) is 4.22. The Hall–Kier alpha value is -2.38. The third-order valence-corrected chi connectivity index (χ3v) is 7.67. The lowest BCUT2D eigenvalue weighted by Crippen LogP contribution is -2.27. The van der Waals surface area contributed by atoms with Crippen LogP contribution in [-0.4, -0.2) is 11.8 Å². The summed E-state index contributed by atoms with van der Waals surface area (Å²) in [5.74, 6) is 0.182. The topological polar surface area (TPSA) is 71.3 Å². The highest BCUT2D eigenvalue weighted by molar-refractivity contribution is 9.10. The van der Waals surface area contributed by atoms with Crippen LogP contribution in [0.3, 0.4) is 0 Å². The second-order valence-electron chi connectivity index (χ2n) is 8.88. The highest BCUT2D eigenvalue weighted by Gasteiger charge is 2.34. The molecule has 2 N–H and O–H groups in total. The Balaban J connectivity index is 1.69. The lowest BCUT2D eigenvalue weighted by atomic mass is 9.72. The zero-order valence-corrected chi connectivity index (χ0v) is 20.2. The summed E-state index contributed by atoms with van der Waals surface area (Å²) in [7, 11) is 0. The monoisotopic (exact) mass is 500 g/mol. The zero-order chi connectivity index (χ0) is 22.2. The van der Waals surface area contributed by atoms with Gasteiger partial charge >= 0.3 is 0 Å². The Morgan fingerprint density at radius 2 is 1.87 bits per heavy atom. The molecule has 4 rings (SSSR count). The third-order valence-electron chi connectivity index (χ3n) is 5.81. The number of anilines is 2. The van der Waals surface area contributed by atoms with Crippen molar-refractivity contribution < 1.29 is 14.0 Å². The maximum Gasteiger partial charge on any atom is 0.291 e. The largest absolute Gasteiger partial charge is 0.459 e. The smallest absolute Gasteiger partial charge is 0.291 e. The number of nitrogens with one attached hydrogen (secondary N) is 2. The summed E-state index contributed by atoms with van der Waals surface area (Å²) in [5, 5.41) is 6.49. The number of benzene rings is 1. The number of halogens is 1. The lowest BCUT2D eigenvalue weighted by molar-refractivity contribution is 0.0997. The second kappa shape index (κ2) is 8.63. The van der Waals surface area contributed by atoms with Crippen LogP contribution in [0.1, 0.15) is 58.5 Å². The number of rotatable bonds is 4. The second-order valence-corrected chi connectivity index (χ2v) is 10.8. The molecule has 162 valence electrons. The fourth-order valence-corrected chi connectivity index (χ4v) is 5.68. The number of fused-ring (bicyclic) bond motifs is 1. The molecule has 1 unspecified atom stereocenters. The molecule has 2 aromatic heterocycles. The van der Waals surface area contributed by atoms with E-state index in [4.69, 9.17) is 4.42 Å². The molecule has 2 heterocycles. The highest BCUT2D eigenvalue weighted by atomic mass is 79.9. The van der Waals surface area contributed by atoms with Crippen LogP contribution in [0.25, 0.3) is 0 Å². The molecule has 0 spiro atoms. The van der Waals surface area contributed by atoms with E-state index in [0.717, 1.165) is 29.3 Å². The predicted molar refractivity (Wildman–Crippen MR) is 128 cm³/mol. The van der Waals surface area contributed by atoms with Gasteiger partial charge in [-0.05, 0) is 76.4 Å². The summed E-state index contributed by atoms with van der Waals surface area (Å²) in [4.78, 5) is 27.2. The van der Waals surface area contributed by atoms with Crippen LogP contribution in [0, 0.1) is 11.3 Å². The first kappa shape index (κ1) is 21.8. The van der Waals surface area contributed by atoms with Crippen molar-refractivity contribution in [1.29, 1.82) is 0 Å². The molecule has 0 saturated heterocycles. The number of thiophene rings is 1. The third kappa shape index (κ3) is 4.62. The summed E-state index contributed by atoms with van der Waals surface area (Å²) in [6, 6.07) is 10.8. The zero-order valence-electron chi connectivity index (χ0n) is 17.8. The van der Waals surface area contributed by atoms with Crippen LogP contribution in [-0.2, 0) is 12.8 Å². The average molecular weight is 501 g/mol. The van der Waals surface area contributed by atoms with E-state index in [0.29, 0.717) is 22.2 Å². The van der Waals surface area contributed by atoms with Gasteiger partial charge in [-0.1, -0.05) is 32.9 Å². The Labute approximate surface area is 194 Å². The van der Waals surface area contributed by atoms with Crippen LogP contribution in [0.4, 0.5) is 10.7 Å². The van der Waals surface area contributed by atoms with Gasteiger partial charge in [0.2, 0.25) is 0 Å². The van der Waals surface area contributed by atoms with Crippen molar-refractivity contribution in [2.45, 2.75) is 40.0 Å². The summed E-state index contributed by atoms with van der Waals surface area (Å²) in [5.41, 5.74) is 2.49. The van der Waals surface area contributed by atoms with Crippen LogP contribution in [0.15, 0.2) is 51.6 Å². The van der Waals surface area contributed by atoms with Crippen molar-refractivity contribution in [2.24, 2.45) is 11.3 Å². The Morgan fingerprint density at radius 3 is 2.55 bits per heavy atom. The van der Waals surface area contributed by atoms with E-state index < -0.39 is 0 Å². The average Bonchev–Trinajstić information content (AvgIpc) is 3.36. The SMILES string of the molecule is CC(C)(C)C1CCc2c(sc(NC(=O)c3ccco3)c2C(=O)Nc2ccccc2Br)C1. The van der Waals surface area contributed by atoms with Gasteiger partial charge in [-0.2, -0.15) is 0 Å². The number of carbonyl (C=O) groups excluding carboxylic acids is 2. The molecule has 0 aliphatic heterocycles. The molecule has 1 aliphatic carbocycles. The van der Waals surface area contributed by atoms with E-state index in [1.54, 1.807) is 12.1 Å². The van der Waals surface area contributed by atoms with Crippen LogP contribution >= 0.6 is 27.3 Å². The molecule has 2 amide bonds. The van der Waals surface area contributed by atoms with Crippen molar-refractivity contribution >= 4 is 49.8 Å². The van der Waals surface area contributed by atoms with Crippen LogP contribution in [0.5, 0.6) is 0 Å². The van der Waals surface area contributed by atoms with Gasteiger partial charge in [0.25, 0.3) is 11.8 Å². The van der Waals surface area contributed by atoms with Crippen molar-refractivity contribution in [3.05, 3.63) is 68.9 Å². The molecule has 1 aromatic carbocycles. The fraction of sp³-hybridized carbons (Fsp3) is 0.333. The standard InChI is InChI=1S/C24H25BrN2O3S/c1-24(2,3)14-10-11-15-19(13-14)31-23(27-21(28)18-9-6-12-30-18)20(15)22(29)26-17-8-5-4-7-16(17)25/h4-9,12,14H,10-11,13H2,1-3H3,(H,26,29)(H,27,28). The predicted octanol–water partition coefficient (Wildman–Crippen LogP) is 6.76. The Morgan fingerprint density at radius 1 is 1.10 bits per heavy atom. The van der Waals surface area contributed by atoms with Gasteiger partial charge < -0.3 is 15.1 Å². The first-order valence-electron chi connectivity index (χ1n) is 10.3. The molecule has 0 bridgehead atoms. The van der Waals surface area contributed by atoms with E-state index in [-0.39, 0.29) is 23.0 Å². The minimum Gasteiger partial charge on any atom is -0.459 e. The summed E-state index contributed by atoms with van der Waals surface area (Å²) in [6.45, 7) is 6.78. The summed E-state index contributed by atoms with van der Waals surface area (Å²) < 4.78 is 6.04. The highest BCUT2D eigenvalue weighted by Crippen LogP contribution is 2.44. The minimum absolute atomic E-state index is 0.191. The Kier molecular flexibility index (Phi) is 6.08. The Bertz CT molecular complexity index is 1110. The van der Waals surface area contributed by atoms with E-state index in [9.17, 15) is 9.59 Å². The van der Waals surface area contributed by atoms with E-state index in [2.05, 4.69) is 47.3 Å². The normalized spacial score (nSPS) is 15.9. The molecule has 3 aromatic rings.